The van der Waals surface area contributed by atoms with Crippen LogP contribution in [0.4, 0.5) is 13.2 Å². The molecule has 4 heterocycles. The molecule has 1 aromatic carbocycles. The number of aliphatic carboxylic acids is 1. The monoisotopic (exact) mass is 519 g/mol. The van der Waals surface area contributed by atoms with Gasteiger partial charge in [0, 0.05) is 30.9 Å². The number of nitrogens with one attached hydrogen (secondary N) is 1. The summed E-state index contributed by atoms with van der Waals surface area (Å²) in [7, 11) is 0. The van der Waals surface area contributed by atoms with Crippen LogP contribution in [0.5, 0.6) is 0 Å². The van der Waals surface area contributed by atoms with Crippen molar-refractivity contribution in [3.8, 4) is 5.69 Å². The Morgan fingerprint density at radius 3 is 2.59 bits per heavy atom. The van der Waals surface area contributed by atoms with E-state index in [1.54, 1.807) is 16.9 Å². The molecule has 2 N–H and O–H groups in total. The van der Waals surface area contributed by atoms with E-state index in [0.717, 1.165) is 22.8 Å². The summed E-state index contributed by atoms with van der Waals surface area (Å²) in [5.41, 5.74) is 2.97. The minimum Gasteiger partial charge on any atom is -0.475 e. The maximum absolute atomic E-state index is 12.8. The number of alkyl halides is 3. The Labute approximate surface area is 206 Å². The molecule has 12 nitrogen and oxygen atoms in total. The average Bonchev–Trinajstić information content (AvgIpc) is 3.54. The number of nitrogens with zero attached hydrogens (tertiary/aromatic N) is 6. The first-order valence-electron chi connectivity index (χ1n) is 10.9. The molecule has 0 bridgehead atoms. The van der Waals surface area contributed by atoms with E-state index in [9.17, 15) is 27.6 Å². The number of carboxylic acids is 1. The Morgan fingerprint density at radius 2 is 1.97 bits per heavy atom. The number of benzene rings is 1. The van der Waals surface area contributed by atoms with Crippen molar-refractivity contribution in [1.82, 2.24) is 34.8 Å². The van der Waals surface area contributed by atoms with Crippen molar-refractivity contribution < 1.29 is 37.5 Å². The molecule has 37 heavy (non-hydrogen) atoms. The van der Waals surface area contributed by atoms with Crippen LogP contribution < -0.4 is 5.32 Å². The number of aryl methyl sites for hydroxylation is 1. The molecule has 0 radical (unpaired) electrons. The summed E-state index contributed by atoms with van der Waals surface area (Å²) in [6.45, 7) is 2.82. The van der Waals surface area contributed by atoms with Gasteiger partial charge in [0.15, 0.2) is 0 Å². The molecule has 0 aliphatic carbocycles. The number of fused-ring (bicyclic) bond motifs is 1. The fourth-order valence-electron chi connectivity index (χ4n) is 3.95. The zero-order valence-corrected chi connectivity index (χ0v) is 19.3. The van der Waals surface area contributed by atoms with Gasteiger partial charge in [0.25, 0.3) is 5.91 Å². The summed E-state index contributed by atoms with van der Waals surface area (Å²) < 4.78 is 35.4. The number of hydrogen-bond acceptors (Lipinski definition) is 7. The van der Waals surface area contributed by atoms with Crippen LogP contribution >= 0.6 is 0 Å². The highest BCUT2D eigenvalue weighted by molar-refractivity contribution is 6.05. The second-order valence-corrected chi connectivity index (χ2v) is 8.30. The van der Waals surface area contributed by atoms with E-state index in [0.29, 0.717) is 25.1 Å². The van der Waals surface area contributed by atoms with Crippen molar-refractivity contribution in [1.29, 1.82) is 0 Å². The molecular weight excluding hydrogens is 499 g/mol. The van der Waals surface area contributed by atoms with Gasteiger partial charge < -0.3 is 14.6 Å². The number of amides is 3. The predicted octanol–water partition coefficient (Wildman–Crippen LogP) is 1.21. The molecule has 15 heteroatoms. The third kappa shape index (κ3) is 5.49. The van der Waals surface area contributed by atoms with Gasteiger partial charge in [0.2, 0.25) is 11.8 Å². The minimum atomic E-state index is -5.08. The fourth-order valence-corrected chi connectivity index (χ4v) is 3.95. The van der Waals surface area contributed by atoms with Gasteiger partial charge in [0.05, 0.1) is 18.4 Å². The lowest BCUT2D eigenvalue weighted by atomic mass is 10.0. The summed E-state index contributed by atoms with van der Waals surface area (Å²) in [5, 5.41) is 17.9. The van der Waals surface area contributed by atoms with E-state index in [1.165, 1.54) is 4.90 Å². The number of carboxylic acid groups (broad SMARTS) is 1. The molecular formula is C22H20F3N7O5. The smallest absolute Gasteiger partial charge is 0.475 e. The Kier molecular flexibility index (Phi) is 6.78. The summed E-state index contributed by atoms with van der Waals surface area (Å²) in [4.78, 5) is 51.0. The predicted molar refractivity (Wildman–Crippen MR) is 117 cm³/mol. The number of imide groups is 1. The number of aromatic nitrogens is 5. The summed E-state index contributed by atoms with van der Waals surface area (Å²) in [6, 6.07) is 4.83. The highest BCUT2D eigenvalue weighted by atomic mass is 19.4. The standard InChI is InChI=1S/C20H19N7O3.C2HF3O2/c1-12-21-6-7-25(12)10-14-11-27(24-23-14)15-2-3-16-13(8-15)9-26(20(16)30)17-4-5-18(28)22-19(17)29;3-2(4,5)1(6)7/h2-3,6-8,11,17H,4-5,9-10H2,1H3,(H,22,28,29);(H,6,7). The van der Waals surface area contributed by atoms with Crippen LogP contribution in [0.3, 0.4) is 0 Å². The van der Waals surface area contributed by atoms with E-state index in [4.69, 9.17) is 9.90 Å². The first-order valence-corrected chi connectivity index (χ1v) is 10.9. The van der Waals surface area contributed by atoms with E-state index in [1.807, 2.05) is 36.0 Å². The van der Waals surface area contributed by atoms with Gasteiger partial charge in [-0.3, -0.25) is 19.7 Å². The number of hydrogen-bond donors (Lipinski definition) is 2. The fraction of sp³-hybridized carbons (Fsp3) is 0.318. The molecule has 3 aromatic rings. The molecule has 5 rings (SSSR count). The first kappa shape index (κ1) is 25.5. The first-order chi connectivity index (χ1) is 17.4. The van der Waals surface area contributed by atoms with E-state index >= 15 is 0 Å². The average molecular weight is 519 g/mol. The molecule has 1 fully saturated rings. The Morgan fingerprint density at radius 1 is 1.24 bits per heavy atom. The van der Waals surface area contributed by atoms with Gasteiger partial charge in [0.1, 0.15) is 17.6 Å². The van der Waals surface area contributed by atoms with Crippen molar-refractivity contribution in [3.63, 3.8) is 0 Å². The largest absolute Gasteiger partial charge is 0.490 e. The van der Waals surface area contributed by atoms with Crippen molar-refractivity contribution in [2.24, 2.45) is 0 Å². The molecule has 194 valence electrons. The topological polar surface area (TPSA) is 152 Å². The molecule has 0 spiro atoms. The number of rotatable bonds is 4. The second-order valence-electron chi connectivity index (χ2n) is 8.30. The van der Waals surface area contributed by atoms with Crippen molar-refractivity contribution in [2.45, 2.75) is 45.1 Å². The lowest BCUT2D eigenvalue weighted by Crippen LogP contribution is -2.52. The van der Waals surface area contributed by atoms with Gasteiger partial charge >= 0.3 is 12.1 Å². The highest BCUT2D eigenvalue weighted by Gasteiger charge is 2.39. The van der Waals surface area contributed by atoms with Crippen LogP contribution in [0.2, 0.25) is 0 Å². The van der Waals surface area contributed by atoms with Crippen molar-refractivity contribution >= 4 is 23.7 Å². The zero-order valence-electron chi connectivity index (χ0n) is 19.3. The summed E-state index contributed by atoms with van der Waals surface area (Å²) >= 11 is 0. The third-order valence-electron chi connectivity index (χ3n) is 5.81. The van der Waals surface area contributed by atoms with E-state index in [-0.39, 0.29) is 18.2 Å². The van der Waals surface area contributed by atoms with Gasteiger partial charge in [-0.1, -0.05) is 5.21 Å². The highest BCUT2D eigenvalue weighted by Crippen LogP contribution is 2.29. The summed E-state index contributed by atoms with van der Waals surface area (Å²) in [5.74, 6) is -2.76. The van der Waals surface area contributed by atoms with Gasteiger partial charge in [-0.15, -0.1) is 5.10 Å². The van der Waals surface area contributed by atoms with Crippen LogP contribution in [-0.4, -0.2) is 70.5 Å². The maximum Gasteiger partial charge on any atom is 0.490 e. The quantitative estimate of drug-likeness (QED) is 0.488. The molecule has 0 saturated carbocycles. The molecule has 2 aromatic heterocycles. The molecule has 1 atom stereocenters. The van der Waals surface area contributed by atoms with E-state index in [2.05, 4.69) is 20.6 Å². The van der Waals surface area contributed by atoms with Crippen LogP contribution in [0.25, 0.3) is 5.69 Å². The van der Waals surface area contributed by atoms with E-state index < -0.39 is 24.1 Å². The number of imidazole rings is 1. The van der Waals surface area contributed by atoms with Gasteiger partial charge in [-0.25, -0.2) is 14.5 Å². The lowest BCUT2D eigenvalue weighted by Gasteiger charge is -2.29. The Balaban J connectivity index is 0.000000405. The third-order valence-corrected chi connectivity index (χ3v) is 5.81. The Hall–Kier alpha value is -4.56. The maximum atomic E-state index is 12.8. The normalized spacial score (nSPS) is 17.2. The van der Waals surface area contributed by atoms with Gasteiger partial charge in [-0.2, -0.15) is 13.2 Å². The van der Waals surface area contributed by atoms with Crippen molar-refractivity contribution in [3.05, 3.63) is 59.4 Å². The zero-order chi connectivity index (χ0) is 26.9. The Bertz CT molecular complexity index is 1380. The number of halogens is 3. The van der Waals surface area contributed by atoms with Gasteiger partial charge in [-0.05, 0) is 37.1 Å². The number of carbonyl (C=O) groups is 4. The van der Waals surface area contributed by atoms with Crippen molar-refractivity contribution in [2.75, 3.05) is 0 Å². The molecule has 3 amide bonds. The van der Waals surface area contributed by atoms with Crippen LogP contribution in [0.15, 0.2) is 36.8 Å². The van der Waals surface area contributed by atoms with Crippen LogP contribution in [0.1, 0.15) is 40.3 Å². The lowest BCUT2D eigenvalue weighted by molar-refractivity contribution is -0.192. The summed E-state index contributed by atoms with van der Waals surface area (Å²) in [6.07, 6.45) is 0.970. The number of piperidine rings is 1. The molecule has 2 aliphatic rings. The molecule has 1 saturated heterocycles. The SMILES string of the molecule is Cc1nccn1Cc1cn(-c2ccc3c(c2)CN(C2CCC(=O)NC2=O)C3=O)nn1.O=C(O)C(F)(F)F. The molecule has 2 aliphatic heterocycles. The second kappa shape index (κ2) is 9.83. The minimum absolute atomic E-state index is 0.194. The number of carbonyl (C=O) groups excluding carboxylic acids is 3. The molecule has 1 unspecified atom stereocenters. The van der Waals surface area contributed by atoms with Crippen LogP contribution in [-0.2, 0) is 27.5 Å². The van der Waals surface area contributed by atoms with Crippen LogP contribution in [0, 0.1) is 6.92 Å².